The number of hydrogen-bond donors (Lipinski definition) is 1. The summed E-state index contributed by atoms with van der Waals surface area (Å²) in [5.74, 6) is -0.598. The van der Waals surface area contributed by atoms with Crippen molar-refractivity contribution in [2.45, 2.75) is 45.3 Å². The number of amides is 3. The molecule has 2 aliphatic rings. The van der Waals surface area contributed by atoms with E-state index in [2.05, 4.69) is 19.2 Å². The molecule has 0 aliphatic carbocycles. The van der Waals surface area contributed by atoms with Crippen LogP contribution in [0.25, 0.3) is 0 Å². The van der Waals surface area contributed by atoms with Gasteiger partial charge in [0, 0.05) is 37.3 Å². The molecule has 0 spiro atoms. The van der Waals surface area contributed by atoms with Crippen molar-refractivity contribution in [3.05, 3.63) is 29.3 Å². The van der Waals surface area contributed by atoms with Crippen LogP contribution in [0.15, 0.2) is 18.2 Å². The fraction of sp³-hybridized carbons (Fsp3) is 0.471. The normalized spacial score (nSPS) is 21.2. The number of fused-ring (bicyclic) bond motifs is 1. The smallest absolute Gasteiger partial charge is 0.255 e. The summed E-state index contributed by atoms with van der Waals surface area (Å²) in [5.41, 5.74) is 2.54. The van der Waals surface area contributed by atoms with Gasteiger partial charge in [0.25, 0.3) is 11.8 Å². The Kier molecular flexibility index (Phi) is 3.83. The Labute approximate surface area is 135 Å². The van der Waals surface area contributed by atoms with Crippen molar-refractivity contribution in [1.29, 1.82) is 0 Å². The first kappa shape index (κ1) is 15.5. The zero-order valence-electron chi connectivity index (χ0n) is 13.6. The second-order valence-corrected chi connectivity index (χ2v) is 6.45. The Balaban J connectivity index is 1.83. The summed E-state index contributed by atoms with van der Waals surface area (Å²) in [6, 6.07) is 5.43. The molecule has 122 valence electrons. The SMILES string of the molecule is CC(C)Nc1ccc2c(c1)CN(C1CCC(=O)N(C)C1=O)C2=O. The molecule has 1 aromatic carbocycles. The highest BCUT2D eigenvalue weighted by molar-refractivity contribution is 6.05. The number of anilines is 1. The molecule has 0 radical (unpaired) electrons. The van der Waals surface area contributed by atoms with E-state index in [-0.39, 0.29) is 17.7 Å². The number of piperidine rings is 1. The van der Waals surface area contributed by atoms with Gasteiger partial charge in [0.1, 0.15) is 6.04 Å². The van der Waals surface area contributed by atoms with Crippen molar-refractivity contribution in [3.63, 3.8) is 0 Å². The Morgan fingerprint density at radius 1 is 1.22 bits per heavy atom. The van der Waals surface area contributed by atoms with Gasteiger partial charge in [-0.3, -0.25) is 19.3 Å². The fourth-order valence-electron chi connectivity index (χ4n) is 3.21. The second-order valence-electron chi connectivity index (χ2n) is 6.45. The molecule has 0 aromatic heterocycles. The molecule has 6 heteroatoms. The molecule has 23 heavy (non-hydrogen) atoms. The number of likely N-dealkylation sites (N-methyl/N-ethyl adjacent to an activating group) is 1. The van der Waals surface area contributed by atoms with Crippen LogP contribution < -0.4 is 5.32 Å². The first-order valence-corrected chi connectivity index (χ1v) is 7.89. The van der Waals surface area contributed by atoms with Crippen LogP contribution in [-0.2, 0) is 16.1 Å². The van der Waals surface area contributed by atoms with E-state index in [4.69, 9.17) is 0 Å². The number of hydrogen-bond acceptors (Lipinski definition) is 4. The lowest BCUT2D eigenvalue weighted by molar-refractivity contribution is -0.150. The van der Waals surface area contributed by atoms with Crippen molar-refractivity contribution in [2.24, 2.45) is 0 Å². The number of imide groups is 1. The van der Waals surface area contributed by atoms with Crippen LogP contribution in [-0.4, -0.2) is 46.7 Å². The van der Waals surface area contributed by atoms with E-state index < -0.39 is 6.04 Å². The number of rotatable bonds is 3. The van der Waals surface area contributed by atoms with Crippen molar-refractivity contribution < 1.29 is 14.4 Å². The van der Waals surface area contributed by atoms with Crippen molar-refractivity contribution >= 4 is 23.4 Å². The third-order valence-corrected chi connectivity index (χ3v) is 4.39. The Hall–Kier alpha value is -2.37. The zero-order chi connectivity index (χ0) is 16.7. The van der Waals surface area contributed by atoms with Gasteiger partial charge in [-0.25, -0.2) is 0 Å². The van der Waals surface area contributed by atoms with Crippen LogP contribution >= 0.6 is 0 Å². The zero-order valence-corrected chi connectivity index (χ0v) is 13.6. The van der Waals surface area contributed by atoms with Crippen molar-refractivity contribution in [2.75, 3.05) is 12.4 Å². The average molecular weight is 315 g/mol. The quantitative estimate of drug-likeness (QED) is 0.860. The van der Waals surface area contributed by atoms with Crippen molar-refractivity contribution in [1.82, 2.24) is 9.80 Å². The van der Waals surface area contributed by atoms with E-state index in [1.807, 2.05) is 18.2 Å². The van der Waals surface area contributed by atoms with Gasteiger partial charge < -0.3 is 10.2 Å². The van der Waals surface area contributed by atoms with E-state index in [0.29, 0.717) is 31.0 Å². The molecule has 3 amide bonds. The minimum absolute atomic E-state index is 0.128. The minimum Gasteiger partial charge on any atom is -0.383 e. The fourth-order valence-corrected chi connectivity index (χ4v) is 3.21. The number of likely N-dealkylation sites (tertiary alicyclic amines) is 1. The molecule has 1 fully saturated rings. The maximum Gasteiger partial charge on any atom is 0.255 e. The van der Waals surface area contributed by atoms with Crippen LogP contribution in [0.1, 0.15) is 42.6 Å². The third-order valence-electron chi connectivity index (χ3n) is 4.39. The molecule has 2 aliphatic heterocycles. The van der Waals surface area contributed by atoms with E-state index >= 15 is 0 Å². The highest BCUT2D eigenvalue weighted by Gasteiger charge is 2.41. The minimum atomic E-state index is -0.542. The summed E-state index contributed by atoms with van der Waals surface area (Å²) >= 11 is 0. The molecular formula is C17H21N3O3. The molecule has 3 rings (SSSR count). The van der Waals surface area contributed by atoms with Crippen molar-refractivity contribution in [3.8, 4) is 0 Å². The van der Waals surface area contributed by atoms with Gasteiger partial charge in [-0.1, -0.05) is 0 Å². The number of carbonyl (C=O) groups is 3. The first-order valence-electron chi connectivity index (χ1n) is 7.89. The molecule has 1 saturated heterocycles. The molecule has 6 nitrogen and oxygen atoms in total. The summed E-state index contributed by atoms with van der Waals surface area (Å²) in [7, 11) is 1.48. The summed E-state index contributed by atoms with van der Waals surface area (Å²) < 4.78 is 0. The third kappa shape index (κ3) is 2.69. The lowest BCUT2D eigenvalue weighted by Crippen LogP contribution is -2.53. The predicted octanol–water partition coefficient (Wildman–Crippen LogP) is 1.61. The van der Waals surface area contributed by atoms with Crippen LogP contribution in [0.3, 0.4) is 0 Å². The highest BCUT2D eigenvalue weighted by atomic mass is 16.2. The number of nitrogens with one attached hydrogen (secondary N) is 1. The Bertz CT molecular complexity index is 684. The van der Waals surface area contributed by atoms with Gasteiger partial charge in [0.05, 0.1) is 0 Å². The maximum absolute atomic E-state index is 12.6. The molecule has 1 N–H and O–H groups in total. The van der Waals surface area contributed by atoms with Crippen LogP contribution in [0, 0.1) is 0 Å². The Morgan fingerprint density at radius 2 is 1.96 bits per heavy atom. The van der Waals surface area contributed by atoms with Gasteiger partial charge in [-0.2, -0.15) is 0 Å². The van der Waals surface area contributed by atoms with E-state index in [1.165, 1.54) is 7.05 Å². The summed E-state index contributed by atoms with van der Waals surface area (Å²) in [4.78, 5) is 39.3. The lowest BCUT2D eigenvalue weighted by Gasteiger charge is -2.33. The molecular weight excluding hydrogens is 294 g/mol. The molecule has 1 aromatic rings. The largest absolute Gasteiger partial charge is 0.383 e. The molecule has 2 heterocycles. The van der Waals surface area contributed by atoms with Crippen LogP contribution in [0.5, 0.6) is 0 Å². The van der Waals surface area contributed by atoms with E-state index in [1.54, 1.807) is 4.90 Å². The lowest BCUT2D eigenvalue weighted by atomic mass is 10.0. The summed E-state index contributed by atoms with van der Waals surface area (Å²) in [5, 5.41) is 3.32. The van der Waals surface area contributed by atoms with Gasteiger partial charge in [-0.15, -0.1) is 0 Å². The first-order chi connectivity index (χ1) is 10.9. The summed E-state index contributed by atoms with van der Waals surface area (Å²) in [6.07, 6.45) is 0.700. The summed E-state index contributed by atoms with van der Waals surface area (Å²) in [6.45, 7) is 4.52. The average Bonchev–Trinajstić information content (AvgIpc) is 2.81. The standard InChI is InChI=1S/C17H21N3O3/c1-10(2)18-12-4-5-13-11(8-12)9-20(16(13)22)14-6-7-15(21)19(3)17(14)23/h4-5,8,10,14,18H,6-7,9H2,1-3H3. The van der Waals surface area contributed by atoms with Gasteiger partial charge in [-0.05, 0) is 44.0 Å². The van der Waals surface area contributed by atoms with E-state index in [9.17, 15) is 14.4 Å². The van der Waals surface area contributed by atoms with Crippen LogP contribution in [0.2, 0.25) is 0 Å². The number of carbonyl (C=O) groups excluding carboxylic acids is 3. The number of benzene rings is 1. The topological polar surface area (TPSA) is 69.7 Å². The van der Waals surface area contributed by atoms with Gasteiger partial charge in [0.15, 0.2) is 0 Å². The second kappa shape index (κ2) is 5.68. The molecule has 0 bridgehead atoms. The molecule has 1 atom stereocenters. The monoisotopic (exact) mass is 315 g/mol. The molecule has 1 unspecified atom stereocenters. The highest BCUT2D eigenvalue weighted by Crippen LogP contribution is 2.30. The Morgan fingerprint density at radius 3 is 2.65 bits per heavy atom. The van der Waals surface area contributed by atoms with Crippen LogP contribution in [0.4, 0.5) is 5.69 Å². The molecule has 0 saturated carbocycles. The van der Waals surface area contributed by atoms with E-state index in [0.717, 1.165) is 16.2 Å². The maximum atomic E-state index is 12.6. The van der Waals surface area contributed by atoms with Gasteiger partial charge in [0.2, 0.25) is 5.91 Å². The number of nitrogens with zero attached hydrogens (tertiary/aromatic N) is 2. The predicted molar refractivity (Wildman–Crippen MR) is 85.9 cm³/mol. The van der Waals surface area contributed by atoms with Gasteiger partial charge >= 0.3 is 0 Å².